The molecule has 1 aromatic rings. The van der Waals surface area contributed by atoms with E-state index in [4.69, 9.17) is 5.11 Å². The molecule has 0 bridgehead atoms. The quantitative estimate of drug-likeness (QED) is 0.859. The van der Waals surface area contributed by atoms with Gasteiger partial charge in [-0.15, -0.1) is 0 Å². The molecule has 106 valence electrons. The topological polar surface area (TPSA) is 74.7 Å². The number of rotatable bonds is 3. The van der Waals surface area contributed by atoms with Gasteiger partial charge >= 0.3 is 5.97 Å². The number of carbonyl (C=O) groups excluding carboxylic acids is 2. The van der Waals surface area contributed by atoms with Crippen LogP contribution in [0.2, 0.25) is 0 Å². The van der Waals surface area contributed by atoms with E-state index in [1.54, 1.807) is 6.07 Å². The van der Waals surface area contributed by atoms with Gasteiger partial charge in [0.1, 0.15) is 0 Å². The Morgan fingerprint density at radius 2 is 1.80 bits per heavy atom. The zero-order valence-corrected chi connectivity index (χ0v) is 12.4. The number of amides is 2. The fourth-order valence-electron chi connectivity index (χ4n) is 2.12. The van der Waals surface area contributed by atoms with Gasteiger partial charge in [-0.3, -0.25) is 14.5 Å². The first-order valence-electron chi connectivity index (χ1n) is 6.34. The van der Waals surface area contributed by atoms with Gasteiger partial charge in [0.15, 0.2) is 0 Å². The second kappa shape index (κ2) is 6.17. The second-order valence-electron chi connectivity index (χ2n) is 4.69. The van der Waals surface area contributed by atoms with Crippen LogP contribution in [0.1, 0.15) is 41.6 Å². The van der Waals surface area contributed by atoms with Crippen molar-refractivity contribution in [1.29, 1.82) is 0 Å². The first kappa shape index (κ1) is 14.7. The van der Waals surface area contributed by atoms with Crippen molar-refractivity contribution in [3.8, 4) is 0 Å². The summed E-state index contributed by atoms with van der Waals surface area (Å²) in [5.41, 5.74) is 0.882. The van der Waals surface area contributed by atoms with Crippen LogP contribution in [-0.2, 0) is 16.1 Å². The summed E-state index contributed by atoms with van der Waals surface area (Å²) in [5.74, 6) is -1.34. The summed E-state index contributed by atoms with van der Waals surface area (Å²) in [7, 11) is 0. The molecule has 0 unspecified atom stereocenters. The lowest BCUT2D eigenvalue weighted by Gasteiger charge is -2.19. The number of nitrogens with zero attached hydrogens (tertiary/aromatic N) is 1. The van der Waals surface area contributed by atoms with Crippen LogP contribution in [0.15, 0.2) is 22.7 Å². The molecule has 1 heterocycles. The zero-order chi connectivity index (χ0) is 14.7. The minimum atomic E-state index is -1.01. The minimum absolute atomic E-state index is 0.161. The maximum atomic E-state index is 11.9. The predicted octanol–water partition coefficient (Wildman–Crippen LogP) is 2.58. The molecule has 0 atom stereocenters. The number of imide groups is 1. The maximum Gasteiger partial charge on any atom is 0.335 e. The first-order chi connectivity index (χ1) is 9.49. The minimum Gasteiger partial charge on any atom is -0.478 e. The summed E-state index contributed by atoms with van der Waals surface area (Å²) in [6.45, 7) is 0.179. The Morgan fingerprint density at radius 1 is 1.20 bits per heavy atom. The highest BCUT2D eigenvalue weighted by Gasteiger charge is 2.24. The Morgan fingerprint density at radius 3 is 2.30 bits per heavy atom. The highest BCUT2D eigenvalue weighted by Crippen LogP contribution is 2.23. The summed E-state index contributed by atoms with van der Waals surface area (Å²) >= 11 is 3.29. The van der Waals surface area contributed by atoms with Crippen LogP contribution in [0, 0.1) is 0 Å². The smallest absolute Gasteiger partial charge is 0.335 e. The lowest BCUT2D eigenvalue weighted by atomic mass is 10.1. The molecular formula is C14H14BrNO4. The van der Waals surface area contributed by atoms with E-state index in [1.165, 1.54) is 17.0 Å². The van der Waals surface area contributed by atoms with Crippen LogP contribution < -0.4 is 0 Å². The highest BCUT2D eigenvalue weighted by molar-refractivity contribution is 9.10. The molecule has 0 aliphatic carbocycles. The van der Waals surface area contributed by atoms with E-state index >= 15 is 0 Å². The van der Waals surface area contributed by atoms with Crippen molar-refractivity contribution in [2.75, 3.05) is 0 Å². The van der Waals surface area contributed by atoms with Gasteiger partial charge in [-0.25, -0.2) is 4.79 Å². The number of hydrogen-bond donors (Lipinski definition) is 1. The SMILES string of the molecule is O=C(O)c1ccc(CN2C(=O)CCCCC2=O)c(Br)c1. The number of hydrogen-bond acceptors (Lipinski definition) is 3. The molecule has 6 heteroatoms. The van der Waals surface area contributed by atoms with Gasteiger partial charge in [0.2, 0.25) is 11.8 Å². The first-order valence-corrected chi connectivity index (χ1v) is 7.13. The lowest BCUT2D eigenvalue weighted by Crippen LogP contribution is -2.34. The average Bonchev–Trinajstić information content (AvgIpc) is 2.55. The van der Waals surface area contributed by atoms with Crippen molar-refractivity contribution in [1.82, 2.24) is 4.90 Å². The third-order valence-electron chi connectivity index (χ3n) is 3.26. The van der Waals surface area contributed by atoms with Gasteiger partial charge in [-0.1, -0.05) is 22.0 Å². The summed E-state index contributed by atoms with van der Waals surface area (Å²) in [5, 5.41) is 8.90. The molecule has 20 heavy (non-hydrogen) atoms. The van der Waals surface area contributed by atoms with E-state index in [9.17, 15) is 14.4 Å². The van der Waals surface area contributed by atoms with E-state index < -0.39 is 5.97 Å². The molecule has 2 amide bonds. The molecule has 0 radical (unpaired) electrons. The number of carboxylic acid groups (broad SMARTS) is 1. The van der Waals surface area contributed by atoms with Crippen LogP contribution in [-0.4, -0.2) is 27.8 Å². The third kappa shape index (κ3) is 3.25. The van der Waals surface area contributed by atoms with Crippen LogP contribution >= 0.6 is 15.9 Å². The van der Waals surface area contributed by atoms with Gasteiger partial charge in [-0.2, -0.15) is 0 Å². The highest BCUT2D eigenvalue weighted by atomic mass is 79.9. The van der Waals surface area contributed by atoms with Crippen LogP contribution in [0.3, 0.4) is 0 Å². The van der Waals surface area contributed by atoms with Crippen molar-refractivity contribution in [2.45, 2.75) is 32.2 Å². The molecule has 1 N–H and O–H groups in total. The Bertz CT molecular complexity index is 552. The summed E-state index contributed by atoms with van der Waals surface area (Å²) < 4.78 is 0.585. The Balaban J connectivity index is 2.22. The van der Waals surface area contributed by atoms with E-state index in [0.717, 1.165) is 18.4 Å². The Hall–Kier alpha value is -1.69. The van der Waals surface area contributed by atoms with Gasteiger partial charge in [0.25, 0.3) is 0 Å². The predicted molar refractivity (Wildman–Crippen MR) is 75.1 cm³/mol. The molecule has 1 aliphatic rings. The van der Waals surface area contributed by atoms with Crippen LogP contribution in [0.5, 0.6) is 0 Å². The van der Waals surface area contributed by atoms with Crippen molar-refractivity contribution in [2.24, 2.45) is 0 Å². The molecule has 1 fully saturated rings. The monoisotopic (exact) mass is 339 g/mol. The molecule has 0 aromatic heterocycles. The lowest BCUT2D eigenvalue weighted by molar-refractivity contribution is -0.144. The van der Waals surface area contributed by atoms with Gasteiger partial charge in [-0.05, 0) is 30.5 Å². The van der Waals surface area contributed by atoms with Crippen molar-refractivity contribution >= 4 is 33.7 Å². The number of aromatic carboxylic acids is 1. The van der Waals surface area contributed by atoms with Crippen molar-refractivity contribution < 1.29 is 19.5 Å². The summed E-state index contributed by atoms with van der Waals surface area (Å²) in [6.07, 6.45) is 2.24. The second-order valence-corrected chi connectivity index (χ2v) is 5.55. The number of likely N-dealkylation sites (tertiary alicyclic amines) is 1. The number of carbonyl (C=O) groups is 3. The summed E-state index contributed by atoms with van der Waals surface area (Å²) in [6, 6.07) is 4.57. The maximum absolute atomic E-state index is 11.9. The molecule has 1 aromatic carbocycles. The molecule has 1 aliphatic heterocycles. The van der Waals surface area contributed by atoms with Gasteiger partial charge in [0.05, 0.1) is 12.1 Å². The fraction of sp³-hybridized carbons (Fsp3) is 0.357. The average molecular weight is 340 g/mol. The fourth-order valence-corrected chi connectivity index (χ4v) is 2.62. The largest absolute Gasteiger partial charge is 0.478 e. The Labute approximate surface area is 124 Å². The van der Waals surface area contributed by atoms with E-state index in [0.29, 0.717) is 17.3 Å². The van der Waals surface area contributed by atoms with E-state index in [-0.39, 0.29) is 23.9 Å². The third-order valence-corrected chi connectivity index (χ3v) is 4.00. The van der Waals surface area contributed by atoms with Crippen LogP contribution in [0.4, 0.5) is 0 Å². The van der Waals surface area contributed by atoms with Crippen molar-refractivity contribution in [3.05, 3.63) is 33.8 Å². The number of carboxylic acids is 1. The molecule has 1 saturated heterocycles. The van der Waals surface area contributed by atoms with Crippen molar-refractivity contribution in [3.63, 3.8) is 0 Å². The van der Waals surface area contributed by atoms with E-state index in [1.807, 2.05) is 0 Å². The molecule has 0 saturated carbocycles. The molecule has 2 rings (SSSR count). The van der Waals surface area contributed by atoms with Gasteiger partial charge < -0.3 is 5.11 Å². The van der Waals surface area contributed by atoms with E-state index in [2.05, 4.69) is 15.9 Å². The molecular weight excluding hydrogens is 326 g/mol. The standard InChI is InChI=1S/C14H14BrNO4/c15-11-7-9(14(19)20)5-6-10(11)8-16-12(17)3-1-2-4-13(16)18/h5-7H,1-4,8H2,(H,19,20). The normalized spacial score (nSPS) is 16.1. The van der Waals surface area contributed by atoms with Gasteiger partial charge in [0, 0.05) is 17.3 Å². The molecule has 0 spiro atoms. The number of halogens is 1. The zero-order valence-electron chi connectivity index (χ0n) is 10.8. The molecule has 5 nitrogen and oxygen atoms in total. The summed E-state index contributed by atoms with van der Waals surface area (Å²) in [4.78, 5) is 35.9. The number of benzene rings is 1. The van der Waals surface area contributed by atoms with Crippen LogP contribution in [0.25, 0.3) is 0 Å². The Kier molecular flexibility index (Phi) is 4.54.